The fraction of sp³-hybridized carbons (Fsp3) is 0.143. The molecule has 0 bridgehead atoms. The lowest BCUT2D eigenvalue weighted by atomic mass is 10.1. The minimum atomic E-state index is -0.426. The molecule has 1 aliphatic heterocycles. The van der Waals surface area contributed by atoms with Gasteiger partial charge in [0.2, 0.25) is 0 Å². The maximum absolute atomic E-state index is 11.4. The number of ether oxygens (including phenoxy) is 1. The Morgan fingerprint density at radius 2 is 2.33 bits per heavy atom. The number of oxime groups is 1. The van der Waals surface area contributed by atoms with E-state index in [9.17, 15) is 4.79 Å². The van der Waals surface area contributed by atoms with Crippen LogP contribution in [0.4, 0.5) is 0 Å². The van der Waals surface area contributed by atoms with E-state index in [1.165, 1.54) is 0 Å². The molecule has 0 N–H and O–H groups in total. The van der Waals surface area contributed by atoms with Gasteiger partial charge in [0.15, 0.2) is 0 Å². The zero-order valence-corrected chi connectivity index (χ0v) is 10.1. The molecule has 0 radical (unpaired) electrons. The summed E-state index contributed by atoms with van der Waals surface area (Å²) >= 11 is 0. The summed E-state index contributed by atoms with van der Waals surface area (Å²) in [5.74, 6) is 0.301. The van der Waals surface area contributed by atoms with E-state index in [4.69, 9.17) is 4.74 Å². The minimum absolute atomic E-state index is 0.426. The van der Waals surface area contributed by atoms with E-state index >= 15 is 0 Å². The average Bonchev–Trinajstić information content (AvgIpc) is 2.69. The molecule has 1 aromatic rings. The lowest BCUT2D eigenvalue weighted by molar-refractivity contribution is -0.136. The van der Waals surface area contributed by atoms with Crippen LogP contribution in [0.15, 0.2) is 47.6 Å². The van der Waals surface area contributed by atoms with Gasteiger partial charge >= 0.3 is 5.97 Å². The van der Waals surface area contributed by atoms with Crippen molar-refractivity contribution in [3.63, 3.8) is 0 Å². The molecular weight excluding hydrogens is 230 g/mol. The van der Waals surface area contributed by atoms with Crippen molar-refractivity contribution in [1.29, 1.82) is 0 Å². The third-order valence-electron chi connectivity index (χ3n) is 2.41. The number of hydrogen-bond acceptors (Lipinski definition) is 4. The smallest absolute Gasteiger partial charge is 0.367 e. The quantitative estimate of drug-likeness (QED) is 0.464. The number of carbonyl (C=O) groups is 1. The summed E-state index contributed by atoms with van der Waals surface area (Å²) in [7, 11) is 0. The van der Waals surface area contributed by atoms with Crippen molar-refractivity contribution < 1.29 is 14.4 Å². The molecule has 4 nitrogen and oxygen atoms in total. The molecule has 4 heteroatoms. The topological polar surface area (TPSA) is 47.9 Å². The Labute approximate surface area is 105 Å². The van der Waals surface area contributed by atoms with Gasteiger partial charge in [-0.15, -0.1) is 0 Å². The normalized spacial score (nSPS) is 16.4. The van der Waals surface area contributed by atoms with Crippen LogP contribution in [0.5, 0.6) is 5.75 Å². The summed E-state index contributed by atoms with van der Waals surface area (Å²) in [5.41, 5.74) is 1.91. The van der Waals surface area contributed by atoms with Crippen molar-refractivity contribution in [3.05, 3.63) is 48.1 Å². The summed E-state index contributed by atoms with van der Waals surface area (Å²) in [6.07, 6.45) is 3.41. The fourth-order valence-electron chi connectivity index (χ4n) is 1.54. The number of hydrogen-bond donors (Lipinski definition) is 0. The van der Waals surface area contributed by atoms with Gasteiger partial charge < -0.3 is 9.57 Å². The van der Waals surface area contributed by atoms with Crippen molar-refractivity contribution in [3.8, 4) is 5.75 Å². The van der Waals surface area contributed by atoms with Gasteiger partial charge in [0.25, 0.3) is 0 Å². The van der Waals surface area contributed by atoms with Crippen LogP contribution in [-0.2, 0) is 9.63 Å². The molecule has 0 aromatic heterocycles. The van der Waals surface area contributed by atoms with Crippen LogP contribution in [0.2, 0.25) is 0 Å². The van der Waals surface area contributed by atoms with E-state index in [0.29, 0.717) is 17.9 Å². The average molecular weight is 243 g/mol. The Hall–Kier alpha value is -2.36. The minimum Gasteiger partial charge on any atom is -0.490 e. The van der Waals surface area contributed by atoms with Gasteiger partial charge in [0, 0.05) is 0 Å². The highest BCUT2D eigenvalue weighted by Gasteiger charge is 2.21. The molecule has 0 atom stereocenters. The van der Waals surface area contributed by atoms with E-state index in [-0.39, 0.29) is 0 Å². The van der Waals surface area contributed by atoms with Gasteiger partial charge in [-0.25, -0.2) is 4.79 Å². The van der Waals surface area contributed by atoms with E-state index in [2.05, 4.69) is 16.6 Å². The first kappa shape index (κ1) is 12.1. The largest absolute Gasteiger partial charge is 0.490 e. The summed E-state index contributed by atoms with van der Waals surface area (Å²) in [4.78, 5) is 16.0. The standard InChI is InChI=1S/C14H13NO3/c1-3-7-17-12-6-4-5-11(8-12)9-13-10(2)15-18-14(13)16/h3-6,8-9H,1,7H2,2H3/b13-9+. The molecule has 0 unspecified atom stereocenters. The number of nitrogens with zero attached hydrogens (tertiary/aromatic N) is 1. The molecule has 0 saturated carbocycles. The number of benzene rings is 1. The lowest BCUT2D eigenvalue weighted by Gasteiger charge is -2.03. The highest BCUT2D eigenvalue weighted by molar-refractivity contribution is 6.24. The Morgan fingerprint density at radius 1 is 1.50 bits per heavy atom. The summed E-state index contributed by atoms with van der Waals surface area (Å²) in [5, 5.41) is 3.62. The third kappa shape index (κ3) is 2.66. The van der Waals surface area contributed by atoms with Crippen molar-refractivity contribution in [2.75, 3.05) is 6.61 Å². The monoisotopic (exact) mass is 243 g/mol. The molecule has 2 rings (SSSR count). The van der Waals surface area contributed by atoms with Crippen LogP contribution < -0.4 is 4.74 Å². The van der Waals surface area contributed by atoms with Crippen LogP contribution >= 0.6 is 0 Å². The number of carbonyl (C=O) groups excluding carboxylic acids is 1. The first-order valence-electron chi connectivity index (χ1n) is 5.52. The second-order valence-corrected chi connectivity index (χ2v) is 3.79. The van der Waals surface area contributed by atoms with Gasteiger partial charge in [0.05, 0.1) is 11.3 Å². The highest BCUT2D eigenvalue weighted by Crippen LogP contribution is 2.19. The van der Waals surface area contributed by atoms with Crippen molar-refractivity contribution >= 4 is 17.8 Å². The zero-order chi connectivity index (χ0) is 13.0. The van der Waals surface area contributed by atoms with Gasteiger partial charge in [-0.05, 0) is 30.7 Å². The molecule has 18 heavy (non-hydrogen) atoms. The Kier molecular flexibility index (Phi) is 3.57. The van der Waals surface area contributed by atoms with Crippen molar-refractivity contribution in [1.82, 2.24) is 0 Å². The van der Waals surface area contributed by atoms with Crippen LogP contribution in [0.3, 0.4) is 0 Å². The molecule has 92 valence electrons. The van der Waals surface area contributed by atoms with E-state index in [0.717, 1.165) is 11.3 Å². The van der Waals surface area contributed by atoms with Crippen LogP contribution in [0, 0.1) is 0 Å². The lowest BCUT2D eigenvalue weighted by Crippen LogP contribution is -2.01. The second kappa shape index (κ2) is 5.31. The summed E-state index contributed by atoms with van der Waals surface area (Å²) in [6, 6.07) is 7.43. The molecule has 1 heterocycles. The zero-order valence-electron chi connectivity index (χ0n) is 10.1. The Morgan fingerprint density at radius 3 is 3.00 bits per heavy atom. The highest BCUT2D eigenvalue weighted by atomic mass is 16.7. The first-order chi connectivity index (χ1) is 8.70. The summed E-state index contributed by atoms with van der Waals surface area (Å²) < 4.78 is 5.42. The molecular formula is C14H13NO3. The molecule has 1 aliphatic rings. The van der Waals surface area contributed by atoms with Gasteiger partial charge in [-0.2, -0.15) is 0 Å². The predicted molar refractivity (Wildman–Crippen MR) is 69.3 cm³/mol. The summed E-state index contributed by atoms with van der Waals surface area (Å²) in [6.45, 7) is 5.77. The van der Waals surface area contributed by atoms with Gasteiger partial charge in [-0.3, -0.25) is 0 Å². The molecule has 0 amide bonds. The van der Waals surface area contributed by atoms with E-state index in [1.807, 2.05) is 24.3 Å². The van der Waals surface area contributed by atoms with Crippen LogP contribution in [-0.4, -0.2) is 18.3 Å². The molecule has 0 saturated heterocycles. The Balaban J connectivity index is 2.23. The second-order valence-electron chi connectivity index (χ2n) is 3.79. The maximum atomic E-state index is 11.4. The van der Waals surface area contributed by atoms with Gasteiger partial charge in [-0.1, -0.05) is 29.9 Å². The Bertz CT molecular complexity index is 544. The van der Waals surface area contributed by atoms with Crippen LogP contribution in [0.25, 0.3) is 6.08 Å². The van der Waals surface area contributed by atoms with E-state index in [1.54, 1.807) is 19.1 Å². The third-order valence-corrected chi connectivity index (χ3v) is 2.41. The van der Waals surface area contributed by atoms with Crippen LogP contribution in [0.1, 0.15) is 12.5 Å². The molecule has 0 aliphatic carbocycles. The fourth-order valence-corrected chi connectivity index (χ4v) is 1.54. The van der Waals surface area contributed by atoms with Crippen molar-refractivity contribution in [2.24, 2.45) is 5.16 Å². The predicted octanol–water partition coefficient (Wildman–Crippen LogP) is 2.57. The first-order valence-corrected chi connectivity index (χ1v) is 5.52. The molecule has 1 aromatic carbocycles. The maximum Gasteiger partial charge on any atom is 0.367 e. The van der Waals surface area contributed by atoms with Gasteiger partial charge in [0.1, 0.15) is 12.4 Å². The van der Waals surface area contributed by atoms with Crippen molar-refractivity contribution in [2.45, 2.75) is 6.92 Å². The van der Waals surface area contributed by atoms with E-state index < -0.39 is 5.97 Å². The number of rotatable bonds is 4. The molecule has 0 spiro atoms. The SMILES string of the molecule is C=CCOc1cccc(/C=C2/C(=O)ON=C2C)c1. The molecule has 0 fully saturated rings.